The van der Waals surface area contributed by atoms with E-state index in [2.05, 4.69) is 19.9 Å². The van der Waals surface area contributed by atoms with Gasteiger partial charge in [-0.1, -0.05) is 67.9 Å². The Kier molecular flexibility index (Phi) is 8.09. The van der Waals surface area contributed by atoms with E-state index in [0.29, 0.717) is 23.8 Å². The fraction of sp³-hybridized carbons (Fsp3) is 0.290. The lowest BCUT2D eigenvalue weighted by Gasteiger charge is -2.25. The van der Waals surface area contributed by atoms with Gasteiger partial charge in [0.25, 0.3) is 11.7 Å². The van der Waals surface area contributed by atoms with Crippen LogP contribution in [0.1, 0.15) is 53.6 Å². The van der Waals surface area contributed by atoms with Crippen LogP contribution in [0.2, 0.25) is 0 Å². The highest BCUT2D eigenvalue weighted by molar-refractivity contribution is 6.46. The van der Waals surface area contributed by atoms with E-state index in [1.54, 1.807) is 31.4 Å². The Bertz CT molecular complexity index is 1290. The van der Waals surface area contributed by atoms with Crippen LogP contribution >= 0.6 is 0 Å². The molecule has 1 heterocycles. The summed E-state index contributed by atoms with van der Waals surface area (Å²) in [6.45, 7) is 7.18. The summed E-state index contributed by atoms with van der Waals surface area (Å²) in [5.74, 6) is -0.567. The molecule has 1 N–H and O–H groups in total. The van der Waals surface area contributed by atoms with Crippen molar-refractivity contribution < 1.29 is 24.2 Å². The van der Waals surface area contributed by atoms with Gasteiger partial charge in [0, 0.05) is 19.2 Å². The minimum Gasteiger partial charge on any atom is -0.507 e. The Morgan fingerprint density at radius 2 is 1.70 bits per heavy atom. The molecule has 192 valence electrons. The molecule has 6 heteroatoms. The zero-order valence-corrected chi connectivity index (χ0v) is 21.7. The lowest BCUT2D eigenvalue weighted by molar-refractivity contribution is -0.140. The van der Waals surface area contributed by atoms with E-state index in [9.17, 15) is 14.7 Å². The Labute approximate surface area is 218 Å². The van der Waals surface area contributed by atoms with Gasteiger partial charge in [0.05, 0.1) is 18.2 Å². The molecule has 4 rings (SSSR count). The van der Waals surface area contributed by atoms with Gasteiger partial charge in [-0.3, -0.25) is 9.59 Å². The number of hydrogen-bond acceptors (Lipinski definition) is 5. The monoisotopic (exact) mass is 499 g/mol. The van der Waals surface area contributed by atoms with E-state index >= 15 is 0 Å². The molecule has 0 unspecified atom stereocenters. The summed E-state index contributed by atoms with van der Waals surface area (Å²) in [4.78, 5) is 27.6. The number of methoxy groups -OCH3 is 1. The zero-order valence-electron chi connectivity index (χ0n) is 21.7. The number of ketones is 1. The number of rotatable bonds is 9. The van der Waals surface area contributed by atoms with Crippen molar-refractivity contribution in [1.29, 1.82) is 0 Å². The average molecular weight is 500 g/mol. The Hall–Kier alpha value is -3.90. The van der Waals surface area contributed by atoms with Crippen molar-refractivity contribution in [1.82, 2.24) is 4.90 Å². The Morgan fingerprint density at radius 3 is 2.32 bits per heavy atom. The quantitative estimate of drug-likeness (QED) is 0.230. The summed E-state index contributed by atoms with van der Waals surface area (Å²) in [7, 11) is 1.55. The third kappa shape index (κ3) is 5.75. The first-order chi connectivity index (χ1) is 17.8. The number of nitrogens with zero attached hydrogens (tertiary/aromatic N) is 1. The largest absolute Gasteiger partial charge is 0.507 e. The topological polar surface area (TPSA) is 76.1 Å². The number of likely N-dealkylation sites (tertiary alicyclic amines) is 1. The number of aryl methyl sites for hydroxylation is 1. The van der Waals surface area contributed by atoms with Gasteiger partial charge in [-0.05, 0) is 53.8 Å². The van der Waals surface area contributed by atoms with Crippen LogP contribution in [0.3, 0.4) is 0 Å². The average Bonchev–Trinajstić information content (AvgIpc) is 3.15. The summed E-state index contributed by atoms with van der Waals surface area (Å²) in [5, 5.41) is 11.3. The van der Waals surface area contributed by atoms with Crippen LogP contribution in [0.5, 0.6) is 5.75 Å². The molecule has 0 aromatic heterocycles. The van der Waals surface area contributed by atoms with Gasteiger partial charge in [0.2, 0.25) is 0 Å². The molecule has 0 saturated carbocycles. The van der Waals surface area contributed by atoms with Crippen molar-refractivity contribution in [2.75, 3.05) is 20.3 Å². The molecule has 0 spiro atoms. The third-order valence-corrected chi connectivity index (χ3v) is 6.61. The lowest BCUT2D eigenvalue weighted by Crippen LogP contribution is -2.32. The van der Waals surface area contributed by atoms with E-state index in [1.165, 1.54) is 4.90 Å². The van der Waals surface area contributed by atoms with Crippen LogP contribution in [0.15, 0.2) is 78.4 Å². The van der Waals surface area contributed by atoms with E-state index in [-0.39, 0.29) is 24.5 Å². The minimum atomic E-state index is -0.702. The molecule has 0 aliphatic carbocycles. The molecule has 37 heavy (non-hydrogen) atoms. The highest BCUT2D eigenvalue weighted by atomic mass is 16.5. The first-order valence-corrected chi connectivity index (χ1v) is 12.5. The maximum atomic E-state index is 13.1. The normalized spacial score (nSPS) is 17.0. The fourth-order valence-corrected chi connectivity index (χ4v) is 4.54. The van der Waals surface area contributed by atoms with Gasteiger partial charge in [-0.25, -0.2) is 0 Å². The standard InChI is InChI=1S/C31H33NO5/c1-20(2)23-8-10-24(11-9-23)28-27(30(34)31(35)32(28)16-17-36-4)29(33)25-12-14-26(15-13-25)37-19-22-7-5-6-21(3)18-22/h5-15,18,20,28,33H,16-17,19H2,1-4H3/b29-27+/t28-/m1/s1. The van der Waals surface area contributed by atoms with Crippen molar-refractivity contribution in [2.45, 2.75) is 39.3 Å². The molecular formula is C31H33NO5. The molecule has 1 fully saturated rings. The molecule has 0 bridgehead atoms. The molecule has 1 saturated heterocycles. The molecule has 0 radical (unpaired) electrons. The first kappa shape index (κ1) is 26.2. The second-order valence-electron chi connectivity index (χ2n) is 9.61. The van der Waals surface area contributed by atoms with Crippen LogP contribution in [-0.4, -0.2) is 42.0 Å². The van der Waals surface area contributed by atoms with Crippen molar-refractivity contribution in [3.8, 4) is 5.75 Å². The van der Waals surface area contributed by atoms with E-state index in [0.717, 1.165) is 22.3 Å². The number of aliphatic hydroxyl groups is 1. The SMILES string of the molecule is COCCN1C(=O)C(=O)/C(=C(/O)c2ccc(OCc3cccc(C)c3)cc2)[C@H]1c1ccc(C(C)C)cc1. The van der Waals surface area contributed by atoms with Crippen LogP contribution < -0.4 is 4.74 Å². The predicted octanol–water partition coefficient (Wildman–Crippen LogP) is 5.77. The summed E-state index contributed by atoms with van der Waals surface area (Å²) in [6, 6.07) is 22.1. The van der Waals surface area contributed by atoms with Crippen molar-refractivity contribution in [2.24, 2.45) is 0 Å². The van der Waals surface area contributed by atoms with Gasteiger partial charge < -0.3 is 19.5 Å². The highest BCUT2D eigenvalue weighted by Crippen LogP contribution is 2.39. The molecule has 1 amide bonds. The summed E-state index contributed by atoms with van der Waals surface area (Å²) < 4.78 is 11.1. The molecule has 3 aromatic rings. The first-order valence-electron chi connectivity index (χ1n) is 12.5. The molecule has 1 aliphatic rings. The summed E-state index contributed by atoms with van der Waals surface area (Å²) in [5.41, 5.74) is 4.66. The number of carbonyl (C=O) groups excluding carboxylic acids is 2. The van der Waals surface area contributed by atoms with Crippen LogP contribution in [-0.2, 0) is 20.9 Å². The zero-order chi connectivity index (χ0) is 26.5. The van der Waals surface area contributed by atoms with Gasteiger partial charge in [-0.2, -0.15) is 0 Å². The minimum absolute atomic E-state index is 0.0758. The van der Waals surface area contributed by atoms with E-state index < -0.39 is 17.7 Å². The van der Waals surface area contributed by atoms with Gasteiger partial charge in [0.1, 0.15) is 18.1 Å². The molecule has 6 nitrogen and oxygen atoms in total. The predicted molar refractivity (Wildman–Crippen MR) is 143 cm³/mol. The fourth-order valence-electron chi connectivity index (χ4n) is 4.54. The number of amides is 1. The van der Waals surface area contributed by atoms with Crippen molar-refractivity contribution >= 4 is 17.4 Å². The number of carbonyl (C=O) groups is 2. The van der Waals surface area contributed by atoms with Crippen molar-refractivity contribution in [3.63, 3.8) is 0 Å². The highest BCUT2D eigenvalue weighted by Gasteiger charge is 2.45. The molecular weight excluding hydrogens is 466 g/mol. The van der Waals surface area contributed by atoms with Crippen LogP contribution in [0, 0.1) is 6.92 Å². The molecule has 3 aromatic carbocycles. The Balaban J connectivity index is 1.64. The second kappa shape index (κ2) is 11.4. The number of Topliss-reactive ketones (excluding diaryl/α,β-unsaturated/α-hetero) is 1. The summed E-state index contributed by atoms with van der Waals surface area (Å²) >= 11 is 0. The number of benzene rings is 3. The molecule has 1 atom stereocenters. The number of aliphatic hydroxyl groups excluding tert-OH is 1. The maximum absolute atomic E-state index is 13.1. The van der Waals surface area contributed by atoms with Crippen molar-refractivity contribution in [3.05, 3.63) is 106 Å². The van der Waals surface area contributed by atoms with Crippen LogP contribution in [0.4, 0.5) is 0 Å². The third-order valence-electron chi connectivity index (χ3n) is 6.61. The van der Waals surface area contributed by atoms with E-state index in [1.807, 2.05) is 49.4 Å². The van der Waals surface area contributed by atoms with Gasteiger partial charge >= 0.3 is 0 Å². The van der Waals surface area contributed by atoms with Gasteiger partial charge in [-0.15, -0.1) is 0 Å². The Morgan fingerprint density at radius 1 is 1.00 bits per heavy atom. The second-order valence-corrected chi connectivity index (χ2v) is 9.61. The lowest BCUT2D eigenvalue weighted by atomic mass is 9.93. The number of ether oxygens (including phenoxy) is 2. The van der Waals surface area contributed by atoms with Gasteiger partial charge in [0.15, 0.2) is 0 Å². The number of hydrogen-bond donors (Lipinski definition) is 1. The van der Waals surface area contributed by atoms with Crippen LogP contribution in [0.25, 0.3) is 5.76 Å². The van der Waals surface area contributed by atoms with E-state index in [4.69, 9.17) is 9.47 Å². The maximum Gasteiger partial charge on any atom is 0.295 e. The molecule has 1 aliphatic heterocycles. The summed E-state index contributed by atoms with van der Waals surface area (Å²) in [6.07, 6.45) is 0. The smallest absolute Gasteiger partial charge is 0.295 e.